The molecule has 0 saturated heterocycles. The van der Waals surface area contributed by atoms with Crippen molar-refractivity contribution in [2.45, 2.75) is 0 Å². The zero-order valence-electron chi connectivity index (χ0n) is 3.43. The number of aromatic nitrogens is 2. The van der Waals surface area contributed by atoms with Gasteiger partial charge in [-0.25, -0.2) is 4.39 Å². The van der Waals surface area contributed by atoms with Crippen LogP contribution in [0.15, 0.2) is 12.3 Å². The van der Waals surface area contributed by atoms with E-state index in [2.05, 4.69) is 16.4 Å². The van der Waals surface area contributed by atoms with Crippen molar-refractivity contribution in [3.8, 4) is 0 Å². The Hall–Kier alpha value is -0.990. The van der Waals surface area contributed by atoms with Gasteiger partial charge >= 0.3 is 0 Å². The number of halogens is 1. The van der Waals surface area contributed by atoms with Gasteiger partial charge in [0.2, 0.25) is 0 Å². The maximum atomic E-state index is 11.8. The summed E-state index contributed by atoms with van der Waals surface area (Å²) in [6, 6.07) is 1.12. The summed E-state index contributed by atoms with van der Waals surface area (Å²) in [7, 11) is 0. The first kappa shape index (κ1) is 4.18. The third-order valence-corrected chi connectivity index (χ3v) is 0.499. The molecule has 0 spiro atoms. The summed E-state index contributed by atoms with van der Waals surface area (Å²) in [5, 5.41) is 6.43. The summed E-state index contributed by atoms with van der Waals surface area (Å²) in [6.07, 6.45) is 3.25. The Labute approximate surface area is 40.0 Å². The maximum Gasteiger partial charge on any atom is 0.145 e. The van der Waals surface area contributed by atoms with Gasteiger partial charge in [-0.3, -0.25) is 0 Å². The Morgan fingerprint density at radius 1 is 1.71 bits per heavy atom. The van der Waals surface area contributed by atoms with Crippen LogP contribution in [0, 0.1) is 12.0 Å². The van der Waals surface area contributed by atoms with Crippen LogP contribution < -0.4 is 0 Å². The highest BCUT2D eigenvalue weighted by Gasteiger charge is 1.80. The molecule has 0 aromatic carbocycles. The quantitative estimate of drug-likeness (QED) is 0.468. The van der Waals surface area contributed by atoms with Gasteiger partial charge in [0.1, 0.15) is 12.0 Å². The Morgan fingerprint density at radius 3 is 2.86 bits per heavy atom. The smallest absolute Gasteiger partial charge is 0.145 e. The van der Waals surface area contributed by atoms with Crippen molar-refractivity contribution in [1.29, 1.82) is 0 Å². The van der Waals surface area contributed by atoms with Crippen molar-refractivity contribution in [1.82, 2.24) is 10.2 Å². The third-order valence-electron chi connectivity index (χ3n) is 0.499. The fraction of sp³-hybridized carbons (Fsp3) is 0. The standard InChI is InChI=1S/C4H2FN2/c5-4-1-2-6-7-3-4/h1,3H. The van der Waals surface area contributed by atoms with Crippen LogP contribution >= 0.6 is 0 Å². The van der Waals surface area contributed by atoms with Gasteiger partial charge in [0, 0.05) is 6.07 Å². The predicted molar refractivity (Wildman–Crippen MR) is 20.8 cm³/mol. The molecule has 0 atom stereocenters. The van der Waals surface area contributed by atoms with Crippen LogP contribution in [0.1, 0.15) is 0 Å². The largest absolute Gasteiger partial charge is 0.205 e. The molecule has 0 aliphatic rings. The Morgan fingerprint density at radius 2 is 2.57 bits per heavy atom. The Kier molecular flexibility index (Phi) is 0.978. The van der Waals surface area contributed by atoms with Gasteiger partial charge in [0.25, 0.3) is 0 Å². The molecule has 0 aliphatic carbocycles. The van der Waals surface area contributed by atoms with E-state index in [1.807, 2.05) is 0 Å². The van der Waals surface area contributed by atoms with Crippen molar-refractivity contribution in [3.63, 3.8) is 0 Å². The van der Waals surface area contributed by atoms with Crippen LogP contribution in [0.3, 0.4) is 0 Å². The molecule has 0 saturated carbocycles. The molecule has 3 heteroatoms. The molecule has 7 heavy (non-hydrogen) atoms. The second-order valence-corrected chi connectivity index (χ2v) is 1.00. The van der Waals surface area contributed by atoms with Crippen LogP contribution in [0.2, 0.25) is 0 Å². The molecule has 0 N–H and O–H groups in total. The van der Waals surface area contributed by atoms with Crippen molar-refractivity contribution in [3.05, 3.63) is 24.3 Å². The molecule has 0 amide bonds. The van der Waals surface area contributed by atoms with Crippen molar-refractivity contribution >= 4 is 0 Å². The molecule has 2 nitrogen and oxygen atoms in total. The second-order valence-electron chi connectivity index (χ2n) is 1.00. The zero-order valence-corrected chi connectivity index (χ0v) is 3.43. The molecular weight excluding hydrogens is 95.1 g/mol. The molecule has 1 rings (SSSR count). The summed E-state index contributed by atoms with van der Waals surface area (Å²) >= 11 is 0. The SMILES string of the molecule is Fc1c[c]nnc1. The van der Waals surface area contributed by atoms with E-state index in [0.29, 0.717) is 0 Å². The summed E-state index contributed by atoms with van der Waals surface area (Å²) in [5.74, 6) is -0.407. The highest BCUT2D eigenvalue weighted by Crippen LogP contribution is 1.84. The number of nitrogens with zero attached hydrogens (tertiary/aromatic N) is 2. The lowest BCUT2D eigenvalue weighted by Gasteiger charge is -1.76. The third kappa shape index (κ3) is 0.924. The van der Waals surface area contributed by atoms with E-state index < -0.39 is 5.82 Å². The monoisotopic (exact) mass is 97.0 g/mol. The highest BCUT2D eigenvalue weighted by molar-refractivity contribution is 4.84. The van der Waals surface area contributed by atoms with Crippen LogP contribution in [0.4, 0.5) is 4.39 Å². The predicted octanol–water partition coefficient (Wildman–Crippen LogP) is 0.416. The normalized spacial score (nSPS) is 8.71. The van der Waals surface area contributed by atoms with Crippen molar-refractivity contribution < 1.29 is 4.39 Å². The van der Waals surface area contributed by atoms with Gasteiger partial charge in [-0.2, -0.15) is 5.10 Å². The summed E-state index contributed by atoms with van der Waals surface area (Å²) < 4.78 is 11.8. The maximum absolute atomic E-state index is 11.8. The molecule has 35 valence electrons. The van der Waals surface area contributed by atoms with Crippen molar-refractivity contribution in [2.75, 3.05) is 0 Å². The molecule has 1 radical (unpaired) electrons. The molecule has 0 unspecified atom stereocenters. The van der Waals surface area contributed by atoms with Gasteiger partial charge in [-0.1, -0.05) is 0 Å². The zero-order chi connectivity index (χ0) is 5.11. The van der Waals surface area contributed by atoms with Crippen LogP contribution in [-0.4, -0.2) is 10.2 Å². The van der Waals surface area contributed by atoms with E-state index in [1.54, 1.807) is 0 Å². The summed E-state index contributed by atoms with van der Waals surface area (Å²) in [5.41, 5.74) is 0. The number of hydrogen-bond donors (Lipinski definition) is 0. The highest BCUT2D eigenvalue weighted by atomic mass is 19.1. The first-order chi connectivity index (χ1) is 3.39. The number of hydrogen-bond acceptors (Lipinski definition) is 2. The molecule has 0 fully saturated rings. The van der Waals surface area contributed by atoms with Crippen molar-refractivity contribution in [2.24, 2.45) is 0 Å². The lowest BCUT2D eigenvalue weighted by atomic mass is 10.6. The van der Waals surface area contributed by atoms with Crippen LogP contribution in [0.25, 0.3) is 0 Å². The van der Waals surface area contributed by atoms with Gasteiger partial charge in [-0.15, -0.1) is 5.10 Å². The fourth-order valence-electron chi connectivity index (χ4n) is 0.245. The molecule has 0 aliphatic heterocycles. The van der Waals surface area contributed by atoms with Gasteiger partial charge in [-0.05, 0) is 0 Å². The Bertz CT molecular complexity index is 140. The van der Waals surface area contributed by atoms with Gasteiger partial charge < -0.3 is 0 Å². The molecule has 1 aromatic heterocycles. The molecule has 0 bridgehead atoms. The minimum atomic E-state index is -0.407. The van der Waals surface area contributed by atoms with E-state index >= 15 is 0 Å². The second kappa shape index (κ2) is 1.64. The first-order valence-electron chi connectivity index (χ1n) is 1.74. The average molecular weight is 97.1 g/mol. The minimum absolute atomic E-state index is 0.407. The Balaban J connectivity index is 3.02. The topological polar surface area (TPSA) is 25.8 Å². The fourth-order valence-corrected chi connectivity index (χ4v) is 0.245. The van der Waals surface area contributed by atoms with E-state index in [9.17, 15) is 4.39 Å². The summed E-state index contributed by atoms with van der Waals surface area (Å²) in [4.78, 5) is 0. The molecule has 1 aromatic rings. The van der Waals surface area contributed by atoms with E-state index in [1.165, 1.54) is 0 Å². The van der Waals surface area contributed by atoms with Crippen LogP contribution in [0.5, 0.6) is 0 Å². The number of rotatable bonds is 0. The lowest BCUT2D eigenvalue weighted by molar-refractivity contribution is 0.614. The molecular formula is C4H2FN2. The van der Waals surface area contributed by atoms with E-state index in [0.717, 1.165) is 12.3 Å². The molecule has 1 heterocycles. The van der Waals surface area contributed by atoms with Gasteiger partial charge in [0.05, 0.1) is 6.20 Å². The first-order valence-corrected chi connectivity index (χ1v) is 1.74. The van der Waals surface area contributed by atoms with E-state index in [4.69, 9.17) is 0 Å². The van der Waals surface area contributed by atoms with E-state index in [-0.39, 0.29) is 0 Å². The lowest BCUT2D eigenvalue weighted by Crippen LogP contribution is -1.78. The summed E-state index contributed by atoms with van der Waals surface area (Å²) in [6.45, 7) is 0. The van der Waals surface area contributed by atoms with Crippen LogP contribution in [-0.2, 0) is 0 Å². The van der Waals surface area contributed by atoms with Gasteiger partial charge in [0.15, 0.2) is 0 Å². The average Bonchev–Trinajstić information content (AvgIpc) is 1.69. The minimum Gasteiger partial charge on any atom is -0.205 e.